The molecule has 1 N–H and O–H groups in total. The second kappa shape index (κ2) is 9.92. The number of thioether (sulfide) groups is 2. The highest BCUT2D eigenvalue weighted by Gasteiger charge is 2.27. The molecule has 0 saturated carbocycles. The number of amides is 1. The average Bonchev–Trinajstić information content (AvgIpc) is 3.43. The van der Waals surface area contributed by atoms with Gasteiger partial charge in [0, 0.05) is 43.6 Å². The molecule has 1 saturated heterocycles. The predicted octanol–water partition coefficient (Wildman–Crippen LogP) is 1.10. The fourth-order valence-corrected chi connectivity index (χ4v) is 5.74. The maximum atomic E-state index is 12.6. The van der Waals surface area contributed by atoms with Crippen molar-refractivity contribution in [1.82, 2.24) is 34.6 Å². The van der Waals surface area contributed by atoms with Crippen molar-refractivity contribution in [2.24, 2.45) is 0 Å². The van der Waals surface area contributed by atoms with Crippen LogP contribution in [0.2, 0.25) is 0 Å². The van der Waals surface area contributed by atoms with Crippen LogP contribution in [0.15, 0.2) is 27.4 Å². The Morgan fingerprint density at radius 2 is 2.12 bits per heavy atom. The molecule has 1 amide bonds. The molecule has 34 heavy (non-hydrogen) atoms. The number of rotatable bonds is 7. The first-order valence-electron chi connectivity index (χ1n) is 11.1. The molecule has 11 nitrogen and oxygen atoms in total. The maximum Gasteiger partial charge on any atom is 0.254 e. The van der Waals surface area contributed by atoms with Crippen LogP contribution in [0, 0.1) is 6.92 Å². The summed E-state index contributed by atoms with van der Waals surface area (Å²) in [4.78, 5) is 41.0. The van der Waals surface area contributed by atoms with Gasteiger partial charge in [0.15, 0.2) is 16.0 Å². The molecule has 1 atom stereocenters. The van der Waals surface area contributed by atoms with Crippen molar-refractivity contribution in [3.63, 3.8) is 0 Å². The molecule has 0 spiro atoms. The Bertz CT molecular complexity index is 1270. The fraction of sp³-hybridized carbons (Fsp3) is 0.524. The molecule has 0 radical (unpaired) electrons. The van der Waals surface area contributed by atoms with Gasteiger partial charge in [-0.05, 0) is 13.2 Å². The molecule has 13 heteroatoms. The molecule has 1 fully saturated rings. The average molecular weight is 503 g/mol. The van der Waals surface area contributed by atoms with Crippen LogP contribution in [0.3, 0.4) is 0 Å². The highest BCUT2D eigenvalue weighted by atomic mass is 32.2. The number of carbonyl (C=O) groups excluding carboxylic acids is 1. The Morgan fingerprint density at radius 3 is 2.91 bits per heavy atom. The van der Waals surface area contributed by atoms with Gasteiger partial charge in [-0.1, -0.05) is 23.5 Å². The number of aryl methyl sites for hydroxylation is 1. The minimum absolute atomic E-state index is 0.101. The Hall–Kier alpha value is -2.64. The zero-order valence-corrected chi connectivity index (χ0v) is 20.7. The lowest BCUT2D eigenvalue weighted by molar-refractivity contribution is -0.121. The second-order valence-electron chi connectivity index (χ2n) is 8.15. The van der Waals surface area contributed by atoms with Crippen molar-refractivity contribution in [2.75, 3.05) is 49.8 Å². The highest BCUT2D eigenvalue weighted by molar-refractivity contribution is 7.99. The number of nitrogens with zero attached hydrogens (tertiary/aromatic N) is 7. The van der Waals surface area contributed by atoms with E-state index in [1.807, 2.05) is 6.26 Å². The number of aromatic nitrogens is 6. The van der Waals surface area contributed by atoms with Gasteiger partial charge in [0.2, 0.25) is 5.91 Å². The van der Waals surface area contributed by atoms with Crippen LogP contribution in [0.1, 0.15) is 18.2 Å². The Labute approximate surface area is 204 Å². The summed E-state index contributed by atoms with van der Waals surface area (Å²) in [6.45, 7) is 5.61. The van der Waals surface area contributed by atoms with Gasteiger partial charge in [-0.15, -0.1) is 0 Å². The molecule has 3 aromatic rings. The molecule has 3 aromatic heterocycles. The third-order valence-corrected chi connectivity index (χ3v) is 7.48. The van der Waals surface area contributed by atoms with Gasteiger partial charge < -0.3 is 15.0 Å². The first-order valence-corrected chi connectivity index (χ1v) is 13.3. The van der Waals surface area contributed by atoms with E-state index in [4.69, 9.17) is 9.72 Å². The van der Waals surface area contributed by atoms with Crippen LogP contribution < -0.4 is 15.8 Å². The second-order valence-corrected chi connectivity index (χ2v) is 9.91. The topological polar surface area (TPSA) is 120 Å². The van der Waals surface area contributed by atoms with E-state index in [1.165, 1.54) is 29.6 Å². The molecule has 1 unspecified atom stereocenters. The van der Waals surface area contributed by atoms with E-state index in [-0.39, 0.29) is 23.9 Å². The predicted molar refractivity (Wildman–Crippen MR) is 131 cm³/mol. The SMILES string of the molecule is CSc1nc(N2CCOCC2)c2cnn(CCNC(=O)CC3CSc4nc(C)cc(=O)n43)c2n1. The van der Waals surface area contributed by atoms with E-state index in [0.717, 1.165) is 29.9 Å². The number of morpholine rings is 1. The standard InChI is InChI=1S/C21H26N8O3S2/c1-13-9-17(31)29-14(12-34-21(29)24-13)10-16(30)22-3-4-28-19-15(11-23-28)18(25-20(26-19)33-2)27-5-7-32-8-6-27/h9,11,14H,3-8,10,12H2,1-2H3,(H,22,30). The van der Waals surface area contributed by atoms with E-state index in [9.17, 15) is 9.59 Å². The molecule has 0 aromatic carbocycles. The van der Waals surface area contributed by atoms with Crippen LogP contribution in [0.5, 0.6) is 0 Å². The minimum atomic E-state index is -0.181. The summed E-state index contributed by atoms with van der Waals surface area (Å²) in [5, 5.41) is 9.74. The quantitative estimate of drug-likeness (QED) is 0.371. The molecule has 2 aliphatic rings. The summed E-state index contributed by atoms with van der Waals surface area (Å²) >= 11 is 3.01. The van der Waals surface area contributed by atoms with E-state index >= 15 is 0 Å². The van der Waals surface area contributed by atoms with Gasteiger partial charge in [-0.25, -0.2) is 19.6 Å². The molecule has 5 heterocycles. The third-order valence-electron chi connectivity index (χ3n) is 5.83. The van der Waals surface area contributed by atoms with Gasteiger partial charge in [-0.2, -0.15) is 5.10 Å². The zero-order valence-electron chi connectivity index (χ0n) is 19.1. The molecular weight excluding hydrogens is 476 g/mol. The van der Waals surface area contributed by atoms with Crippen LogP contribution in [0.25, 0.3) is 11.0 Å². The lowest BCUT2D eigenvalue weighted by Gasteiger charge is -2.28. The van der Waals surface area contributed by atoms with E-state index in [1.54, 1.807) is 22.4 Å². The number of hydrogen-bond donors (Lipinski definition) is 1. The van der Waals surface area contributed by atoms with Crippen molar-refractivity contribution in [2.45, 2.75) is 36.2 Å². The van der Waals surface area contributed by atoms with E-state index in [2.05, 4.69) is 25.3 Å². The summed E-state index contributed by atoms with van der Waals surface area (Å²) in [6, 6.07) is 1.33. The lowest BCUT2D eigenvalue weighted by atomic mass is 10.2. The van der Waals surface area contributed by atoms with Gasteiger partial charge in [0.05, 0.1) is 37.4 Å². The Kier molecular flexibility index (Phi) is 6.75. The summed E-state index contributed by atoms with van der Waals surface area (Å²) in [5.74, 6) is 1.44. The normalized spacial score (nSPS) is 17.8. The molecule has 180 valence electrons. The third kappa shape index (κ3) is 4.64. The van der Waals surface area contributed by atoms with Crippen LogP contribution >= 0.6 is 23.5 Å². The van der Waals surface area contributed by atoms with Gasteiger partial charge in [0.25, 0.3) is 5.56 Å². The highest BCUT2D eigenvalue weighted by Crippen LogP contribution is 2.32. The van der Waals surface area contributed by atoms with Crippen molar-refractivity contribution in [1.29, 1.82) is 0 Å². The first kappa shape index (κ1) is 23.1. The van der Waals surface area contributed by atoms with Crippen LogP contribution in [-0.2, 0) is 16.1 Å². The van der Waals surface area contributed by atoms with Crippen LogP contribution in [0.4, 0.5) is 5.82 Å². The van der Waals surface area contributed by atoms with E-state index < -0.39 is 0 Å². The van der Waals surface area contributed by atoms with Crippen LogP contribution in [-0.4, -0.2) is 80.1 Å². The summed E-state index contributed by atoms with van der Waals surface area (Å²) in [5.41, 5.74) is 1.35. The maximum absolute atomic E-state index is 12.6. The van der Waals surface area contributed by atoms with Crippen molar-refractivity contribution in [3.05, 3.63) is 28.3 Å². The molecular formula is C21H26N8O3S2. The number of ether oxygens (including phenoxy) is 1. The van der Waals surface area contributed by atoms with E-state index in [0.29, 0.717) is 48.1 Å². The minimum Gasteiger partial charge on any atom is -0.378 e. The number of fused-ring (bicyclic) bond motifs is 2. The van der Waals surface area contributed by atoms with Gasteiger partial charge in [0.1, 0.15) is 5.82 Å². The summed E-state index contributed by atoms with van der Waals surface area (Å²) in [6.07, 6.45) is 3.98. The van der Waals surface area contributed by atoms with Crippen molar-refractivity contribution in [3.8, 4) is 0 Å². The lowest BCUT2D eigenvalue weighted by Crippen LogP contribution is -2.37. The first-order chi connectivity index (χ1) is 16.5. The molecule has 0 bridgehead atoms. The number of hydrogen-bond acceptors (Lipinski definition) is 10. The van der Waals surface area contributed by atoms with Crippen molar-refractivity contribution < 1.29 is 9.53 Å². The largest absolute Gasteiger partial charge is 0.378 e. The molecule has 2 aliphatic heterocycles. The zero-order chi connectivity index (χ0) is 23.7. The Morgan fingerprint density at radius 1 is 1.29 bits per heavy atom. The molecule has 5 rings (SSSR count). The number of carbonyl (C=O) groups is 1. The fourth-order valence-electron chi connectivity index (χ4n) is 4.19. The molecule has 0 aliphatic carbocycles. The number of nitrogens with one attached hydrogen (secondary N) is 1. The monoisotopic (exact) mass is 502 g/mol. The van der Waals surface area contributed by atoms with Gasteiger partial charge in [-0.3, -0.25) is 14.2 Å². The smallest absolute Gasteiger partial charge is 0.254 e. The Balaban J connectivity index is 1.25. The van der Waals surface area contributed by atoms with Gasteiger partial charge >= 0.3 is 0 Å². The summed E-state index contributed by atoms with van der Waals surface area (Å²) in [7, 11) is 0. The number of anilines is 1. The van der Waals surface area contributed by atoms with Crippen molar-refractivity contribution >= 4 is 46.3 Å². The summed E-state index contributed by atoms with van der Waals surface area (Å²) < 4.78 is 8.91.